The zero-order valence-electron chi connectivity index (χ0n) is 37.7. The molecule has 338 valence electrons. The first-order valence-electron chi connectivity index (χ1n) is 22.6. The van der Waals surface area contributed by atoms with E-state index in [2.05, 4.69) is 50.3 Å². The summed E-state index contributed by atoms with van der Waals surface area (Å²) < 4.78 is 34.2. The maximum atomic E-state index is 12.7. The number of allylic oxidation sites excluding steroid dienone is 12. The van der Waals surface area contributed by atoms with E-state index < -0.39 is 32.5 Å². The third kappa shape index (κ3) is 43.0. The molecule has 0 heterocycles. The third-order valence-corrected chi connectivity index (χ3v) is 10.2. The van der Waals surface area contributed by atoms with Gasteiger partial charge in [0, 0.05) is 19.3 Å². The number of esters is 2. The lowest BCUT2D eigenvalue weighted by molar-refractivity contribution is -0.870. The van der Waals surface area contributed by atoms with Crippen molar-refractivity contribution < 1.29 is 46.8 Å². The number of ether oxygens (including phenoxy) is 2. The molecule has 2 atom stereocenters. The van der Waals surface area contributed by atoms with E-state index in [-0.39, 0.29) is 31.8 Å². The molecule has 0 aliphatic heterocycles. The molecule has 0 saturated heterocycles. The van der Waals surface area contributed by atoms with Crippen molar-refractivity contribution in [2.45, 2.75) is 168 Å². The lowest BCUT2D eigenvalue weighted by atomic mass is 10.1. The molecule has 1 unspecified atom stereocenters. The molecule has 0 rings (SSSR count). The molecule has 59 heavy (non-hydrogen) atoms. The van der Waals surface area contributed by atoms with Crippen LogP contribution in [-0.2, 0) is 37.5 Å². The summed E-state index contributed by atoms with van der Waals surface area (Å²) in [5.41, 5.74) is 0. The van der Waals surface area contributed by atoms with E-state index in [1.165, 1.54) is 44.9 Å². The molecule has 0 spiro atoms. The molecule has 0 aromatic carbocycles. The minimum atomic E-state index is -4.41. The highest BCUT2D eigenvalue weighted by molar-refractivity contribution is 7.47. The Morgan fingerprint density at radius 2 is 1.08 bits per heavy atom. The molecule has 0 saturated carbocycles. The van der Waals surface area contributed by atoms with Crippen LogP contribution in [0.25, 0.3) is 0 Å². The zero-order valence-corrected chi connectivity index (χ0v) is 38.6. The van der Waals surface area contributed by atoms with Gasteiger partial charge in [-0.3, -0.25) is 23.4 Å². The van der Waals surface area contributed by atoms with Gasteiger partial charge in [0.1, 0.15) is 19.8 Å². The van der Waals surface area contributed by atoms with Crippen LogP contribution in [0.4, 0.5) is 0 Å². The second-order valence-corrected chi connectivity index (χ2v) is 17.6. The Kier molecular flexibility index (Phi) is 37.4. The summed E-state index contributed by atoms with van der Waals surface area (Å²) in [5.74, 6) is -0.744. The van der Waals surface area contributed by atoms with Gasteiger partial charge in [-0.15, -0.1) is 0 Å². The minimum Gasteiger partial charge on any atom is -0.462 e. The maximum absolute atomic E-state index is 12.7. The molecule has 0 amide bonds. The number of carbonyl (C=O) groups excluding carboxylic acids is 3. The van der Waals surface area contributed by atoms with Gasteiger partial charge in [-0.2, -0.15) is 0 Å². The Hall–Kier alpha value is -2.88. The summed E-state index contributed by atoms with van der Waals surface area (Å²) in [6.45, 7) is 4.13. The fraction of sp³-hybridized carbons (Fsp3) is 0.688. The number of rotatable bonds is 40. The van der Waals surface area contributed by atoms with Crippen molar-refractivity contribution in [2.24, 2.45) is 0 Å². The van der Waals surface area contributed by atoms with Crippen LogP contribution in [0.2, 0.25) is 0 Å². The van der Waals surface area contributed by atoms with Crippen LogP contribution in [0.5, 0.6) is 0 Å². The molecule has 0 aliphatic carbocycles. The first-order valence-corrected chi connectivity index (χ1v) is 24.1. The highest BCUT2D eigenvalue weighted by Crippen LogP contribution is 2.43. The molecule has 11 heteroatoms. The fourth-order valence-electron chi connectivity index (χ4n) is 5.58. The number of nitrogens with zero attached hydrogens (tertiary/aromatic N) is 1. The standard InChI is InChI=1S/C48H82NO9P/c1-6-8-10-11-12-13-14-15-16-17-18-19-22-26-29-32-36-40-48(52)58-46(44-57-59(53,54)56-42-41-49(3,4)5)43-55-47(51)39-35-31-28-25-23-20-21-24-27-30-34-38-45(50)37-33-9-7-2/h12-13,15-16,20-21,25,27-28,30,34,38,46H,6-11,14,17-19,22-24,26,29,31-33,35-37,39-44H2,1-5H3/p+1/b13-12-,16-15-,21-20-,28-25-,30-27-,38-34+/t46-/m1/s1. The van der Waals surface area contributed by atoms with Gasteiger partial charge >= 0.3 is 19.8 Å². The van der Waals surface area contributed by atoms with Crippen LogP contribution in [0.1, 0.15) is 162 Å². The van der Waals surface area contributed by atoms with Crippen molar-refractivity contribution in [1.29, 1.82) is 0 Å². The molecule has 0 aromatic rings. The summed E-state index contributed by atoms with van der Waals surface area (Å²) in [6, 6.07) is 0. The summed E-state index contributed by atoms with van der Waals surface area (Å²) in [7, 11) is 1.40. The predicted octanol–water partition coefficient (Wildman–Crippen LogP) is 12.2. The molecule has 0 aliphatic rings. The number of quaternary nitrogens is 1. The monoisotopic (exact) mass is 849 g/mol. The summed E-state index contributed by atoms with van der Waals surface area (Å²) in [4.78, 5) is 47.1. The zero-order chi connectivity index (χ0) is 43.7. The van der Waals surface area contributed by atoms with Crippen molar-refractivity contribution in [3.63, 3.8) is 0 Å². The SMILES string of the molecule is CCCCC/C=C\C/C=C\CCCCCCCCCC(=O)O[C@H](COC(=O)CCC/C=C\C/C=C\C/C=C\C=C\C(=O)CCCCC)COP(=O)(O)OCC[N+](C)(C)C. The average molecular weight is 849 g/mol. The number of phosphoric ester groups is 1. The second-order valence-electron chi connectivity index (χ2n) is 16.1. The van der Waals surface area contributed by atoms with Crippen molar-refractivity contribution >= 4 is 25.5 Å². The van der Waals surface area contributed by atoms with E-state index in [4.69, 9.17) is 18.5 Å². The lowest BCUT2D eigenvalue weighted by Crippen LogP contribution is -2.37. The Morgan fingerprint density at radius 1 is 0.576 bits per heavy atom. The van der Waals surface area contributed by atoms with Crippen LogP contribution in [0, 0.1) is 0 Å². The highest BCUT2D eigenvalue weighted by atomic mass is 31.2. The number of hydrogen-bond acceptors (Lipinski definition) is 8. The van der Waals surface area contributed by atoms with E-state index in [1.54, 1.807) is 12.2 Å². The first-order chi connectivity index (χ1) is 28.4. The Balaban J connectivity index is 4.50. The van der Waals surface area contributed by atoms with Crippen molar-refractivity contribution in [3.05, 3.63) is 72.9 Å². The highest BCUT2D eigenvalue weighted by Gasteiger charge is 2.27. The molecular formula is C48H83NO9P+. The third-order valence-electron chi connectivity index (χ3n) is 9.19. The van der Waals surface area contributed by atoms with Crippen molar-refractivity contribution in [3.8, 4) is 0 Å². The van der Waals surface area contributed by atoms with Crippen LogP contribution >= 0.6 is 7.82 Å². The summed E-state index contributed by atoms with van der Waals surface area (Å²) in [6.07, 6.45) is 45.0. The number of ketones is 1. The summed E-state index contributed by atoms with van der Waals surface area (Å²) in [5, 5.41) is 0. The number of unbranched alkanes of at least 4 members (excludes halogenated alkanes) is 13. The Bertz CT molecular complexity index is 1300. The van der Waals surface area contributed by atoms with E-state index in [0.717, 1.165) is 64.2 Å². The number of phosphoric acid groups is 1. The first kappa shape index (κ1) is 56.1. The van der Waals surface area contributed by atoms with Crippen LogP contribution < -0.4 is 0 Å². The smallest absolute Gasteiger partial charge is 0.462 e. The molecule has 0 bridgehead atoms. The van der Waals surface area contributed by atoms with Gasteiger partial charge in [0.15, 0.2) is 11.9 Å². The predicted molar refractivity (Wildman–Crippen MR) is 243 cm³/mol. The number of likely N-dealkylation sites (N-methyl/N-ethyl adjacent to an activating group) is 1. The molecule has 0 fully saturated rings. The second kappa shape index (κ2) is 39.3. The Morgan fingerprint density at radius 3 is 1.71 bits per heavy atom. The number of carbonyl (C=O) groups is 3. The topological polar surface area (TPSA) is 125 Å². The van der Waals surface area contributed by atoms with E-state index in [9.17, 15) is 23.8 Å². The maximum Gasteiger partial charge on any atom is 0.472 e. The molecular weight excluding hydrogens is 766 g/mol. The molecule has 0 aromatic heterocycles. The fourth-order valence-corrected chi connectivity index (χ4v) is 6.32. The lowest BCUT2D eigenvalue weighted by Gasteiger charge is -2.24. The van der Waals surface area contributed by atoms with Crippen molar-refractivity contribution in [2.75, 3.05) is 47.5 Å². The quantitative estimate of drug-likeness (QED) is 0.0122. The largest absolute Gasteiger partial charge is 0.472 e. The van der Waals surface area contributed by atoms with Crippen molar-refractivity contribution in [1.82, 2.24) is 0 Å². The van der Waals surface area contributed by atoms with E-state index >= 15 is 0 Å². The average Bonchev–Trinajstić information content (AvgIpc) is 3.18. The van der Waals surface area contributed by atoms with Gasteiger partial charge in [0.25, 0.3) is 0 Å². The molecule has 10 nitrogen and oxygen atoms in total. The normalized spacial score (nSPS) is 14.1. The van der Waals surface area contributed by atoms with E-state index in [1.807, 2.05) is 45.4 Å². The van der Waals surface area contributed by atoms with Gasteiger partial charge in [-0.1, -0.05) is 138 Å². The Labute approximate surface area is 359 Å². The van der Waals surface area contributed by atoms with Crippen LogP contribution in [-0.4, -0.2) is 80.7 Å². The molecule has 1 N–H and O–H groups in total. The van der Waals surface area contributed by atoms with Gasteiger partial charge < -0.3 is 18.9 Å². The van der Waals surface area contributed by atoms with Gasteiger partial charge in [0.2, 0.25) is 0 Å². The van der Waals surface area contributed by atoms with Gasteiger partial charge in [0.05, 0.1) is 27.7 Å². The molecule has 0 radical (unpaired) electrons. The van der Waals surface area contributed by atoms with Gasteiger partial charge in [-0.05, 0) is 76.7 Å². The summed E-state index contributed by atoms with van der Waals surface area (Å²) >= 11 is 0. The van der Waals surface area contributed by atoms with E-state index in [0.29, 0.717) is 36.7 Å². The van der Waals surface area contributed by atoms with Crippen LogP contribution in [0.3, 0.4) is 0 Å². The van der Waals surface area contributed by atoms with Gasteiger partial charge in [-0.25, -0.2) is 4.57 Å². The number of hydrogen-bond donors (Lipinski definition) is 1. The minimum absolute atomic E-state index is 0.00813. The van der Waals surface area contributed by atoms with Crippen LogP contribution in [0.15, 0.2) is 72.9 Å².